The van der Waals surface area contributed by atoms with E-state index in [0.29, 0.717) is 11.6 Å². The second kappa shape index (κ2) is 7.87. The standard InChI is InChI=1S/C21H30N2O2S/c1-20(2,3)16-10-7-15(8-11-16)9-12-18(24)23-14-26-13-17(23)19(25)22-21(4,5)6/h7-12,17H,13-14H2,1-6H3,(H,22,25)/b12-9-/t17-/m1/s1. The van der Waals surface area contributed by atoms with E-state index in [0.717, 1.165) is 5.56 Å². The molecule has 0 aliphatic carbocycles. The summed E-state index contributed by atoms with van der Waals surface area (Å²) in [5.41, 5.74) is 2.05. The highest BCUT2D eigenvalue weighted by atomic mass is 32.2. The van der Waals surface area contributed by atoms with E-state index in [1.54, 1.807) is 22.7 Å². The van der Waals surface area contributed by atoms with Gasteiger partial charge in [0.25, 0.3) is 0 Å². The summed E-state index contributed by atoms with van der Waals surface area (Å²) >= 11 is 1.61. The van der Waals surface area contributed by atoms with E-state index >= 15 is 0 Å². The number of nitrogens with zero attached hydrogens (tertiary/aromatic N) is 1. The average Bonchev–Trinajstić information content (AvgIpc) is 3.00. The number of thioether (sulfide) groups is 1. The molecule has 5 heteroatoms. The third kappa shape index (κ3) is 5.63. The molecule has 0 bridgehead atoms. The van der Waals surface area contributed by atoms with Crippen molar-refractivity contribution in [1.29, 1.82) is 0 Å². The minimum atomic E-state index is -0.403. The Morgan fingerprint density at radius 1 is 1.12 bits per heavy atom. The van der Waals surface area contributed by atoms with Crippen molar-refractivity contribution in [1.82, 2.24) is 10.2 Å². The molecule has 1 aromatic rings. The molecule has 26 heavy (non-hydrogen) atoms. The number of carbonyl (C=O) groups excluding carboxylic acids is 2. The Balaban J connectivity index is 2.04. The molecule has 2 rings (SSSR count). The molecule has 4 nitrogen and oxygen atoms in total. The van der Waals surface area contributed by atoms with Gasteiger partial charge in [0.1, 0.15) is 6.04 Å². The van der Waals surface area contributed by atoms with Gasteiger partial charge >= 0.3 is 0 Å². The number of nitrogens with one attached hydrogen (secondary N) is 1. The predicted octanol–water partition coefficient (Wildman–Crippen LogP) is 3.81. The van der Waals surface area contributed by atoms with Crippen LogP contribution in [0.4, 0.5) is 0 Å². The maximum Gasteiger partial charge on any atom is 0.247 e. The highest BCUT2D eigenvalue weighted by molar-refractivity contribution is 7.99. The van der Waals surface area contributed by atoms with Crippen molar-refractivity contribution in [2.45, 2.75) is 58.5 Å². The van der Waals surface area contributed by atoms with Crippen LogP contribution in [-0.2, 0) is 15.0 Å². The van der Waals surface area contributed by atoms with Crippen LogP contribution in [0.25, 0.3) is 6.08 Å². The smallest absolute Gasteiger partial charge is 0.247 e. The number of hydrogen-bond donors (Lipinski definition) is 1. The van der Waals surface area contributed by atoms with Crippen LogP contribution < -0.4 is 5.32 Å². The van der Waals surface area contributed by atoms with Gasteiger partial charge in [-0.1, -0.05) is 45.0 Å². The van der Waals surface area contributed by atoms with Crippen molar-refractivity contribution in [3.8, 4) is 0 Å². The van der Waals surface area contributed by atoms with Gasteiger partial charge < -0.3 is 10.2 Å². The van der Waals surface area contributed by atoms with E-state index in [1.165, 1.54) is 5.56 Å². The van der Waals surface area contributed by atoms with Crippen LogP contribution in [0.5, 0.6) is 0 Å². The summed E-state index contributed by atoms with van der Waals surface area (Å²) in [6, 6.07) is 7.82. The number of amides is 2. The molecule has 1 saturated heterocycles. The summed E-state index contributed by atoms with van der Waals surface area (Å²) in [5.74, 6) is 0.985. The minimum absolute atomic E-state index is 0.0845. The van der Waals surface area contributed by atoms with Gasteiger partial charge in [-0.2, -0.15) is 0 Å². The number of carbonyl (C=O) groups is 2. The average molecular weight is 375 g/mol. The summed E-state index contributed by atoms with van der Waals surface area (Å²) in [6.45, 7) is 12.4. The number of benzene rings is 1. The summed E-state index contributed by atoms with van der Waals surface area (Å²) in [5, 5.41) is 2.97. The zero-order chi connectivity index (χ0) is 19.5. The van der Waals surface area contributed by atoms with Crippen molar-refractivity contribution in [3.05, 3.63) is 41.5 Å². The molecular weight excluding hydrogens is 344 g/mol. The van der Waals surface area contributed by atoms with Crippen molar-refractivity contribution in [2.24, 2.45) is 0 Å². The molecule has 0 spiro atoms. The van der Waals surface area contributed by atoms with E-state index in [-0.39, 0.29) is 22.8 Å². The molecule has 0 unspecified atom stereocenters. The van der Waals surface area contributed by atoms with Crippen molar-refractivity contribution >= 4 is 29.7 Å². The lowest BCUT2D eigenvalue weighted by molar-refractivity contribution is -0.135. The van der Waals surface area contributed by atoms with Gasteiger partial charge in [-0.25, -0.2) is 0 Å². The molecule has 142 valence electrons. The van der Waals surface area contributed by atoms with Gasteiger partial charge in [0.15, 0.2) is 0 Å². The quantitative estimate of drug-likeness (QED) is 0.819. The minimum Gasteiger partial charge on any atom is -0.350 e. The first-order valence-electron chi connectivity index (χ1n) is 8.96. The Morgan fingerprint density at radius 3 is 2.27 bits per heavy atom. The molecule has 1 fully saturated rings. The topological polar surface area (TPSA) is 49.4 Å². The molecule has 0 radical (unpaired) electrons. The van der Waals surface area contributed by atoms with E-state index in [2.05, 4.69) is 38.2 Å². The Bertz CT molecular complexity index is 681. The maximum atomic E-state index is 12.6. The van der Waals surface area contributed by atoms with Crippen LogP contribution in [0.15, 0.2) is 30.3 Å². The Kier molecular flexibility index (Phi) is 6.22. The van der Waals surface area contributed by atoms with Gasteiger partial charge in [0.2, 0.25) is 11.8 Å². The molecule has 1 aromatic carbocycles. The van der Waals surface area contributed by atoms with E-state index in [1.807, 2.05) is 39.0 Å². The summed E-state index contributed by atoms with van der Waals surface area (Å²) in [4.78, 5) is 26.7. The third-order valence-corrected chi connectivity index (χ3v) is 5.17. The predicted molar refractivity (Wildman–Crippen MR) is 110 cm³/mol. The van der Waals surface area contributed by atoms with Gasteiger partial charge in [-0.3, -0.25) is 9.59 Å². The summed E-state index contributed by atoms with van der Waals surface area (Å²) in [7, 11) is 0. The largest absolute Gasteiger partial charge is 0.350 e. The second-order valence-electron chi connectivity index (χ2n) is 8.77. The van der Waals surface area contributed by atoms with Crippen LogP contribution in [0.2, 0.25) is 0 Å². The molecule has 1 aliphatic rings. The molecular formula is C21H30N2O2S. The molecule has 2 amide bonds. The summed E-state index contributed by atoms with van der Waals surface area (Å²) in [6.07, 6.45) is 3.38. The van der Waals surface area contributed by atoms with Crippen LogP contribution in [0, 0.1) is 0 Å². The zero-order valence-electron chi connectivity index (χ0n) is 16.6. The summed E-state index contributed by atoms with van der Waals surface area (Å²) < 4.78 is 0. The van der Waals surface area contributed by atoms with Crippen LogP contribution in [0.1, 0.15) is 52.7 Å². The second-order valence-corrected chi connectivity index (χ2v) is 9.77. The lowest BCUT2D eigenvalue weighted by Crippen LogP contribution is -2.52. The normalized spacial score (nSPS) is 18.4. The SMILES string of the molecule is CC(C)(C)NC(=O)[C@H]1CSCN1C(=O)/C=C\c1ccc(C(C)(C)C)cc1. The Labute approximate surface area is 161 Å². The first-order valence-corrected chi connectivity index (χ1v) is 10.1. The molecule has 1 N–H and O–H groups in total. The van der Waals surface area contributed by atoms with Gasteiger partial charge in [0, 0.05) is 17.4 Å². The fourth-order valence-electron chi connectivity index (χ4n) is 2.69. The molecule has 1 aliphatic heterocycles. The van der Waals surface area contributed by atoms with E-state index < -0.39 is 6.04 Å². The Morgan fingerprint density at radius 2 is 1.73 bits per heavy atom. The fraction of sp³-hybridized carbons (Fsp3) is 0.524. The maximum absolute atomic E-state index is 12.6. The monoisotopic (exact) mass is 374 g/mol. The number of hydrogen-bond acceptors (Lipinski definition) is 3. The van der Waals surface area contributed by atoms with E-state index in [9.17, 15) is 9.59 Å². The third-order valence-electron chi connectivity index (χ3n) is 4.16. The highest BCUT2D eigenvalue weighted by Crippen LogP contribution is 2.24. The van der Waals surface area contributed by atoms with Gasteiger partial charge in [-0.15, -0.1) is 11.8 Å². The van der Waals surface area contributed by atoms with Crippen LogP contribution >= 0.6 is 11.8 Å². The Hall–Kier alpha value is -1.75. The molecule has 0 saturated carbocycles. The van der Waals surface area contributed by atoms with Crippen LogP contribution in [-0.4, -0.2) is 39.9 Å². The van der Waals surface area contributed by atoms with Crippen molar-refractivity contribution in [3.63, 3.8) is 0 Å². The highest BCUT2D eigenvalue weighted by Gasteiger charge is 2.35. The van der Waals surface area contributed by atoms with E-state index in [4.69, 9.17) is 0 Å². The lowest BCUT2D eigenvalue weighted by Gasteiger charge is -2.27. The van der Waals surface area contributed by atoms with Gasteiger partial charge in [-0.05, 0) is 43.4 Å². The molecule has 1 atom stereocenters. The fourth-order valence-corrected chi connectivity index (χ4v) is 3.85. The van der Waals surface area contributed by atoms with Crippen molar-refractivity contribution < 1.29 is 9.59 Å². The first-order chi connectivity index (χ1) is 12.0. The van der Waals surface area contributed by atoms with Crippen molar-refractivity contribution in [2.75, 3.05) is 11.6 Å². The molecule has 1 heterocycles. The lowest BCUT2D eigenvalue weighted by atomic mass is 9.87. The van der Waals surface area contributed by atoms with Crippen LogP contribution in [0.3, 0.4) is 0 Å². The number of rotatable bonds is 3. The first kappa shape index (κ1) is 20.6. The van der Waals surface area contributed by atoms with Gasteiger partial charge in [0.05, 0.1) is 5.88 Å². The zero-order valence-corrected chi connectivity index (χ0v) is 17.4. The molecule has 0 aromatic heterocycles.